The molecular weight excluding hydrogens is 448 g/mol. The average Bonchev–Trinajstić information content (AvgIpc) is 3.54. The maximum Gasteiger partial charge on any atom is 0.253 e. The largest absolute Gasteiger partial charge is 0.338 e. The zero-order valence-corrected chi connectivity index (χ0v) is 19.9. The molecule has 0 aromatic carbocycles. The Morgan fingerprint density at radius 2 is 1.57 bits per heavy atom. The molecule has 0 spiro atoms. The number of likely N-dealkylation sites (tertiary alicyclic amines) is 2. The summed E-state index contributed by atoms with van der Waals surface area (Å²) in [5.74, 6) is -1.23. The highest BCUT2D eigenvalue weighted by atomic mass is 16.2. The van der Waals surface area contributed by atoms with Crippen LogP contribution in [0.5, 0.6) is 0 Å². The number of aromatic nitrogens is 2. The summed E-state index contributed by atoms with van der Waals surface area (Å²) in [4.78, 5) is 63.6. The Hall–Kier alpha value is -3.82. The second-order valence-electron chi connectivity index (χ2n) is 9.40. The quantitative estimate of drug-likeness (QED) is 0.650. The smallest absolute Gasteiger partial charge is 0.253 e. The molecule has 0 radical (unpaired) electrons. The van der Waals surface area contributed by atoms with E-state index in [1.165, 1.54) is 6.20 Å². The standard InChI is InChI=1S/C25H30N6O4/c1-25(2,29-21(32)17-7-3-11-26-15-17)24(35)31-14-6-10-20(31)23(34)30-13-5-9-19(30)22(33)28-18-8-4-12-27-16-18/h3-4,7-8,11-12,15-16,19-20H,5-6,9-10,13-14H2,1-2H3,(H,28,33)(H,29,32)/t19-,20-/m1/s1. The lowest BCUT2D eigenvalue weighted by molar-refractivity contribution is -0.148. The molecule has 0 bridgehead atoms. The molecule has 4 rings (SSSR count). The van der Waals surface area contributed by atoms with Crippen molar-refractivity contribution in [2.24, 2.45) is 0 Å². The van der Waals surface area contributed by atoms with Crippen LogP contribution in [0.4, 0.5) is 5.69 Å². The van der Waals surface area contributed by atoms with Gasteiger partial charge in [-0.1, -0.05) is 0 Å². The molecule has 10 heteroatoms. The Labute approximate surface area is 204 Å². The Balaban J connectivity index is 1.44. The number of pyridine rings is 2. The molecule has 2 N–H and O–H groups in total. The van der Waals surface area contributed by atoms with E-state index in [9.17, 15) is 19.2 Å². The number of hydrogen-bond donors (Lipinski definition) is 2. The number of nitrogens with zero attached hydrogens (tertiary/aromatic N) is 4. The van der Waals surface area contributed by atoms with Crippen molar-refractivity contribution in [1.82, 2.24) is 25.1 Å². The summed E-state index contributed by atoms with van der Waals surface area (Å²) in [5, 5.41) is 5.59. The fraction of sp³-hybridized carbons (Fsp3) is 0.440. The summed E-state index contributed by atoms with van der Waals surface area (Å²) in [6, 6.07) is 5.47. The highest BCUT2D eigenvalue weighted by Crippen LogP contribution is 2.27. The maximum absolute atomic E-state index is 13.5. The average molecular weight is 479 g/mol. The van der Waals surface area contributed by atoms with Gasteiger partial charge < -0.3 is 20.4 Å². The van der Waals surface area contributed by atoms with E-state index in [0.717, 1.165) is 0 Å². The van der Waals surface area contributed by atoms with E-state index in [0.29, 0.717) is 50.0 Å². The fourth-order valence-electron chi connectivity index (χ4n) is 4.69. The Morgan fingerprint density at radius 1 is 0.914 bits per heavy atom. The van der Waals surface area contributed by atoms with Crippen molar-refractivity contribution >= 4 is 29.3 Å². The number of nitrogens with one attached hydrogen (secondary N) is 2. The van der Waals surface area contributed by atoms with Gasteiger partial charge in [0.1, 0.15) is 17.6 Å². The van der Waals surface area contributed by atoms with Gasteiger partial charge in [-0.15, -0.1) is 0 Å². The van der Waals surface area contributed by atoms with Crippen molar-refractivity contribution in [3.63, 3.8) is 0 Å². The van der Waals surface area contributed by atoms with Crippen LogP contribution in [0.15, 0.2) is 49.1 Å². The summed E-state index contributed by atoms with van der Waals surface area (Å²) in [5.41, 5.74) is -0.305. The van der Waals surface area contributed by atoms with Crippen molar-refractivity contribution in [3.8, 4) is 0 Å². The number of carbonyl (C=O) groups is 4. The molecule has 4 heterocycles. The Morgan fingerprint density at radius 3 is 2.23 bits per heavy atom. The minimum Gasteiger partial charge on any atom is -0.338 e. The molecule has 0 unspecified atom stereocenters. The fourth-order valence-corrected chi connectivity index (χ4v) is 4.69. The number of anilines is 1. The number of amides is 4. The van der Waals surface area contributed by atoms with Crippen LogP contribution in [0, 0.1) is 0 Å². The minimum absolute atomic E-state index is 0.228. The lowest BCUT2D eigenvalue weighted by atomic mass is 10.0. The van der Waals surface area contributed by atoms with Gasteiger partial charge >= 0.3 is 0 Å². The van der Waals surface area contributed by atoms with Crippen LogP contribution in [-0.2, 0) is 14.4 Å². The molecule has 10 nitrogen and oxygen atoms in total. The summed E-state index contributed by atoms with van der Waals surface area (Å²) >= 11 is 0. The van der Waals surface area contributed by atoms with Gasteiger partial charge in [0, 0.05) is 31.7 Å². The van der Waals surface area contributed by atoms with Crippen molar-refractivity contribution in [1.29, 1.82) is 0 Å². The molecule has 2 aliphatic rings. The van der Waals surface area contributed by atoms with E-state index >= 15 is 0 Å². The van der Waals surface area contributed by atoms with Gasteiger partial charge in [-0.2, -0.15) is 0 Å². The van der Waals surface area contributed by atoms with Crippen LogP contribution in [0.2, 0.25) is 0 Å². The van der Waals surface area contributed by atoms with Crippen LogP contribution in [0.3, 0.4) is 0 Å². The first-order chi connectivity index (χ1) is 16.8. The first-order valence-corrected chi connectivity index (χ1v) is 11.8. The number of carbonyl (C=O) groups excluding carboxylic acids is 4. The SMILES string of the molecule is CC(C)(NC(=O)c1cccnc1)C(=O)N1CCC[C@@H]1C(=O)N1CCC[C@@H]1C(=O)Nc1cccnc1. The van der Waals surface area contributed by atoms with Gasteiger partial charge in [0.2, 0.25) is 17.7 Å². The molecule has 4 amide bonds. The molecule has 35 heavy (non-hydrogen) atoms. The lowest BCUT2D eigenvalue weighted by Gasteiger charge is -2.35. The van der Waals surface area contributed by atoms with Crippen LogP contribution in [-0.4, -0.2) is 74.1 Å². The summed E-state index contributed by atoms with van der Waals surface area (Å²) in [6.07, 6.45) is 8.64. The van der Waals surface area contributed by atoms with Crippen molar-refractivity contribution < 1.29 is 19.2 Å². The van der Waals surface area contributed by atoms with Crippen LogP contribution < -0.4 is 10.6 Å². The van der Waals surface area contributed by atoms with Gasteiger partial charge in [0.05, 0.1) is 17.4 Å². The first-order valence-electron chi connectivity index (χ1n) is 11.8. The van der Waals surface area contributed by atoms with Crippen molar-refractivity contribution in [2.75, 3.05) is 18.4 Å². The second-order valence-corrected chi connectivity index (χ2v) is 9.40. The third-order valence-corrected chi connectivity index (χ3v) is 6.45. The normalized spacial score (nSPS) is 19.9. The topological polar surface area (TPSA) is 125 Å². The van der Waals surface area contributed by atoms with Crippen LogP contribution >= 0.6 is 0 Å². The van der Waals surface area contributed by atoms with Gasteiger partial charge in [0.15, 0.2) is 0 Å². The van der Waals surface area contributed by atoms with Gasteiger partial charge in [0.25, 0.3) is 5.91 Å². The van der Waals surface area contributed by atoms with Gasteiger partial charge in [-0.05, 0) is 63.8 Å². The molecule has 2 aromatic heterocycles. The van der Waals surface area contributed by atoms with Crippen molar-refractivity contribution in [2.45, 2.75) is 57.2 Å². The minimum atomic E-state index is -1.22. The third-order valence-electron chi connectivity index (χ3n) is 6.45. The molecule has 2 saturated heterocycles. The zero-order chi connectivity index (χ0) is 25.0. The predicted molar refractivity (Wildman–Crippen MR) is 128 cm³/mol. The van der Waals surface area contributed by atoms with Crippen LogP contribution in [0.25, 0.3) is 0 Å². The van der Waals surface area contributed by atoms with Crippen molar-refractivity contribution in [3.05, 3.63) is 54.6 Å². The van der Waals surface area contributed by atoms with E-state index in [1.54, 1.807) is 66.5 Å². The molecule has 184 valence electrons. The van der Waals surface area contributed by atoms with E-state index < -0.39 is 23.5 Å². The molecule has 2 atom stereocenters. The molecule has 2 aliphatic heterocycles. The summed E-state index contributed by atoms with van der Waals surface area (Å²) in [7, 11) is 0. The molecule has 2 fully saturated rings. The highest BCUT2D eigenvalue weighted by molar-refractivity contribution is 6.01. The monoisotopic (exact) mass is 478 g/mol. The van der Waals surface area contributed by atoms with Gasteiger partial charge in [-0.3, -0.25) is 29.1 Å². The van der Waals surface area contributed by atoms with E-state index in [-0.39, 0.29) is 17.7 Å². The lowest BCUT2D eigenvalue weighted by Crippen LogP contribution is -2.59. The summed E-state index contributed by atoms with van der Waals surface area (Å²) in [6.45, 7) is 4.14. The zero-order valence-electron chi connectivity index (χ0n) is 19.9. The molecule has 2 aromatic rings. The van der Waals surface area contributed by atoms with Crippen LogP contribution in [0.1, 0.15) is 49.9 Å². The first kappa shape index (κ1) is 24.3. The van der Waals surface area contributed by atoms with Gasteiger partial charge in [-0.25, -0.2) is 0 Å². The van der Waals surface area contributed by atoms with E-state index in [2.05, 4.69) is 20.6 Å². The molecule has 0 aliphatic carbocycles. The summed E-state index contributed by atoms with van der Waals surface area (Å²) < 4.78 is 0. The predicted octanol–water partition coefficient (Wildman–Crippen LogP) is 1.61. The second kappa shape index (κ2) is 10.2. The number of rotatable bonds is 6. The number of hydrogen-bond acceptors (Lipinski definition) is 6. The Kier molecular flexibility index (Phi) is 7.09. The van der Waals surface area contributed by atoms with E-state index in [1.807, 2.05) is 0 Å². The maximum atomic E-state index is 13.5. The third kappa shape index (κ3) is 5.31. The highest BCUT2D eigenvalue weighted by Gasteiger charge is 2.45. The Bertz CT molecular complexity index is 1090. The molecule has 0 saturated carbocycles. The molecular formula is C25H30N6O4. The van der Waals surface area contributed by atoms with E-state index in [4.69, 9.17) is 0 Å².